The van der Waals surface area contributed by atoms with Gasteiger partial charge in [0.1, 0.15) is 17.1 Å². The van der Waals surface area contributed by atoms with E-state index in [0.717, 1.165) is 6.07 Å². The second-order valence-electron chi connectivity index (χ2n) is 8.02. The molecule has 0 bridgehead atoms. The minimum Gasteiger partial charge on any atom is -0.457 e. The van der Waals surface area contributed by atoms with Gasteiger partial charge in [0.2, 0.25) is 0 Å². The number of pyridine rings is 1. The fraction of sp³-hybridized carbons (Fsp3) is 0.240. The molecular weight excluding hydrogens is 465 g/mol. The summed E-state index contributed by atoms with van der Waals surface area (Å²) >= 11 is 0. The topological polar surface area (TPSA) is 60.7 Å². The van der Waals surface area contributed by atoms with Gasteiger partial charge in [-0.2, -0.15) is 13.2 Å². The number of rotatable bonds is 6. The molecule has 1 atom stereocenters. The van der Waals surface area contributed by atoms with Gasteiger partial charge in [0.05, 0.1) is 27.1 Å². The van der Waals surface area contributed by atoms with Gasteiger partial charge < -0.3 is 4.74 Å². The fourth-order valence-corrected chi connectivity index (χ4v) is 5.16. The lowest BCUT2D eigenvalue weighted by atomic mass is 10.1. The van der Waals surface area contributed by atoms with Crippen molar-refractivity contribution in [3.05, 3.63) is 78.1 Å². The Bertz CT molecular complexity index is 1440. The van der Waals surface area contributed by atoms with Crippen LogP contribution in [0.25, 0.3) is 16.9 Å². The highest BCUT2D eigenvalue weighted by atomic mass is 32.2. The smallest absolute Gasteiger partial charge is 0.419 e. The van der Waals surface area contributed by atoms with E-state index in [0.29, 0.717) is 34.9 Å². The Kier molecular flexibility index (Phi) is 6.16. The number of aromatic nitrogens is 2. The van der Waals surface area contributed by atoms with E-state index in [1.165, 1.54) is 22.6 Å². The first-order valence-corrected chi connectivity index (χ1v) is 12.2. The lowest BCUT2D eigenvalue weighted by Crippen LogP contribution is -2.16. The van der Waals surface area contributed by atoms with Crippen LogP contribution in [-0.2, 0) is 16.0 Å². The average Bonchev–Trinajstić information content (AvgIpc) is 3.14. The fourth-order valence-electron chi connectivity index (χ4n) is 3.74. The second kappa shape index (κ2) is 8.79. The Hall–Kier alpha value is -3.33. The number of halogens is 3. The van der Waals surface area contributed by atoms with Gasteiger partial charge in [-0.3, -0.25) is 4.40 Å². The van der Waals surface area contributed by atoms with Crippen LogP contribution < -0.4 is 4.74 Å². The third-order valence-corrected chi connectivity index (χ3v) is 8.05. The van der Waals surface area contributed by atoms with Crippen molar-refractivity contribution in [1.29, 1.82) is 0 Å². The number of hydrogen-bond acceptors (Lipinski definition) is 4. The highest BCUT2D eigenvalue weighted by Gasteiger charge is 2.34. The van der Waals surface area contributed by atoms with E-state index in [2.05, 4.69) is 4.98 Å². The van der Waals surface area contributed by atoms with Crippen molar-refractivity contribution in [1.82, 2.24) is 9.38 Å². The van der Waals surface area contributed by atoms with Crippen LogP contribution >= 0.6 is 0 Å². The molecule has 4 rings (SSSR count). The Morgan fingerprint density at radius 3 is 2.38 bits per heavy atom. The molecule has 0 aliphatic carbocycles. The van der Waals surface area contributed by atoms with E-state index < -0.39 is 26.8 Å². The molecule has 0 radical (unpaired) electrons. The highest BCUT2D eigenvalue weighted by Crippen LogP contribution is 2.36. The molecule has 4 aromatic rings. The van der Waals surface area contributed by atoms with Gasteiger partial charge in [-0.05, 0) is 68.8 Å². The zero-order valence-corrected chi connectivity index (χ0v) is 19.6. The van der Waals surface area contributed by atoms with Crippen LogP contribution in [0.1, 0.15) is 31.5 Å². The number of nitrogens with zero attached hydrogens (tertiary/aromatic N) is 2. The van der Waals surface area contributed by atoms with E-state index in [1.54, 1.807) is 56.4 Å². The van der Waals surface area contributed by atoms with Gasteiger partial charge in [0.25, 0.3) is 0 Å². The van der Waals surface area contributed by atoms with Gasteiger partial charge in [0, 0.05) is 11.8 Å². The average molecular weight is 489 g/mol. The minimum absolute atomic E-state index is 0.160. The third kappa shape index (κ3) is 4.40. The quantitative estimate of drug-likeness (QED) is 0.303. The summed E-state index contributed by atoms with van der Waals surface area (Å²) in [5.41, 5.74) is 0.656. The molecule has 2 heterocycles. The van der Waals surface area contributed by atoms with Crippen LogP contribution in [0.5, 0.6) is 11.5 Å². The van der Waals surface area contributed by atoms with E-state index >= 15 is 0 Å². The predicted octanol–water partition coefficient (Wildman–Crippen LogP) is 6.69. The van der Waals surface area contributed by atoms with Gasteiger partial charge in [-0.1, -0.05) is 19.1 Å². The molecule has 0 saturated carbocycles. The van der Waals surface area contributed by atoms with Crippen LogP contribution in [-0.4, -0.2) is 23.1 Å². The molecule has 34 heavy (non-hydrogen) atoms. The zero-order chi connectivity index (χ0) is 24.7. The lowest BCUT2D eigenvalue weighted by molar-refractivity contribution is -0.136. The van der Waals surface area contributed by atoms with E-state index in [1.807, 2.05) is 6.92 Å². The van der Waals surface area contributed by atoms with Crippen LogP contribution in [0.2, 0.25) is 0 Å². The first-order chi connectivity index (χ1) is 16.0. The predicted molar refractivity (Wildman–Crippen MR) is 124 cm³/mol. The number of imidazole rings is 1. The SMILES string of the molecule is CCC(C)S(=O)(=O)c1ccc(Oc2cccc(-c3c(C)nc4c(C(F)(F)F)cccn34)c2)cc1. The van der Waals surface area contributed by atoms with Gasteiger partial charge in [-0.25, -0.2) is 13.4 Å². The van der Waals surface area contributed by atoms with Crippen molar-refractivity contribution in [2.24, 2.45) is 0 Å². The molecule has 0 aliphatic heterocycles. The minimum atomic E-state index is -4.52. The maximum Gasteiger partial charge on any atom is 0.419 e. The molecule has 0 aliphatic rings. The first-order valence-electron chi connectivity index (χ1n) is 10.7. The van der Waals surface area contributed by atoms with Crippen LogP contribution in [0, 0.1) is 6.92 Å². The second-order valence-corrected chi connectivity index (χ2v) is 10.4. The Morgan fingerprint density at radius 2 is 1.74 bits per heavy atom. The van der Waals surface area contributed by atoms with Crippen molar-refractivity contribution in [2.45, 2.75) is 43.5 Å². The summed E-state index contributed by atoms with van der Waals surface area (Å²) < 4.78 is 72.6. The van der Waals surface area contributed by atoms with E-state index in [4.69, 9.17) is 4.74 Å². The van der Waals surface area contributed by atoms with Crippen LogP contribution in [0.15, 0.2) is 71.8 Å². The summed E-state index contributed by atoms with van der Waals surface area (Å²) in [5.74, 6) is 0.894. The molecule has 0 N–H and O–H groups in total. The molecule has 0 spiro atoms. The molecule has 0 fully saturated rings. The summed E-state index contributed by atoms with van der Waals surface area (Å²) in [4.78, 5) is 4.40. The standard InChI is InChI=1S/C25H23F3N2O3S/c1-4-16(2)34(31,32)21-12-10-19(11-13-21)33-20-8-5-7-18(15-20)23-17(3)29-24-22(25(26,27)28)9-6-14-30(23)24/h5-16H,4H2,1-3H3. The number of ether oxygens (including phenoxy) is 1. The third-order valence-electron chi connectivity index (χ3n) is 5.73. The molecule has 0 amide bonds. The molecule has 178 valence electrons. The van der Waals surface area contributed by atoms with Crippen molar-refractivity contribution < 1.29 is 26.3 Å². The summed E-state index contributed by atoms with van der Waals surface area (Å²) in [7, 11) is -3.40. The summed E-state index contributed by atoms with van der Waals surface area (Å²) in [6.45, 7) is 5.15. The number of hydrogen-bond donors (Lipinski definition) is 0. The van der Waals surface area contributed by atoms with Crippen LogP contribution in [0.3, 0.4) is 0 Å². The normalized spacial score (nSPS) is 13.2. The maximum absolute atomic E-state index is 13.4. The molecule has 5 nitrogen and oxygen atoms in total. The molecule has 2 aromatic carbocycles. The molecule has 2 aromatic heterocycles. The number of alkyl halides is 3. The lowest BCUT2D eigenvalue weighted by Gasteiger charge is -2.12. The van der Waals surface area contributed by atoms with E-state index in [-0.39, 0.29) is 10.5 Å². The first kappa shape index (κ1) is 23.8. The Labute approximate surface area is 195 Å². The van der Waals surface area contributed by atoms with Gasteiger partial charge >= 0.3 is 6.18 Å². The monoisotopic (exact) mass is 488 g/mol. The summed E-state index contributed by atoms with van der Waals surface area (Å²) in [6.07, 6.45) is -2.46. The maximum atomic E-state index is 13.4. The highest BCUT2D eigenvalue weighted by molar-refractivity contribution is 7.92. The summed E-state index contributed by atoms with van der Waals surface area (Å²) in [5, 5.41) is -0.484. The summed E-state index contributed by atoms with van der Waals surface area (Å²) in [6, 6.07) is 15.5. The van der Waals surface area contributed by atoms with Gasteiger partial charge in [0.15, 0.2) is 9.84 Å². The molecule has 1 unspecified atom stereocenters. The van der Waals surface area contributed by atoms with Crippen molar-refractivity contribution in [3.8, 4) is 22.8 Å². The largest absolute Gasteiger partial charge is 0.457 e. The van der Waals surface area contributed by atoms with Crippen molar-refractivity contribution in [2.75, 3.05) is 0 Å². The molecule has 0 saturated heterocycles. The molecule has 9 heteroatoms. The number of fused-ring (bicyclic) bond motifs is 1. The van der Waals surface area contributed by atoms with Crippen molar-refractivity contribution in [3.63, 3.8) is 0 Å². The number of sulfone groups is 1. The van der Waals surface area contributed by atoms with Crippen LogP contribution in [0.4, 0.5) is 13.2 Å². The number of benzene rings is 2. The van der Waals surface area contributed by atoms with E-state index in [9.17, 15) is 21.6 Å². The van der Waals surface area contributed by atoms with Gasteiger partial charge in [-0.15, -0.1) is 0 Å². The van der Waals surface area contributed by atoms with Crippen molar-refractivity contribution >= 4 is 15.5 Å². The Morgan fingerprint density at radius 1 is 1.03 bits per heavy atom. The number of aryl methyl sites for hydroxylation is 1. The zero-order valence-electron chi connectivity index (χ0n) is 18.8. The molecular formula is C25H23F3N2O3S. The Balaban J connectivity index is 1.66.